The predicted molar refractivity (Wildman–Crippen MR) is 146 cm³/mol. The Bertz CT molecular complexity index is 1810. The molecule has 0 saturated heterocycles. The van der Waals surface area contributed by atoms with Crippen LogP contribution < -0.4 is 0 Å². The maximum Gasteiger partial charge on any atom is 0.102 e. The van der Waals surface area contributed by atoms with Crippen molar-refractivity contribution in [2.24, 2.45) is 0 Å². The van der Waals surface area contributed by atoms with Gasteiger partial charge in [0.2, 0.25) is 0 Å². The summed E-state index contributed by atoms with van der Waals surface area (Å²) >= 11 is 0. The summed E-state index contributed by atoms with van der Waals surface area (Å²) in [6.07, 6.45) is 0. The van der Waals surface area contributed by atoms with Gasteiger partial charge in [-0.15, -0.1) is 0 Å². The molecule has 170 valence electrons. The summed E-state index contributed by atoms with van der Waals surface area (Å²) in [7, 11) is 0. The maximum absolute atomic E-state index is 10.6. The van der Waals surface area contributed by atoms with Gasteiger partial charge in [-0.2, -0.15) is 15.8 Å². The summed E-state index contributed by atoms with van der Waals surface area (Å²) in [6, 6.07) is 42.0. The molecule has 6 rings (SSSR count). The Hall–Kier alpha value is -5.63. The molecule has 0 aliphatic carbocycles. The molecule has 0 spiro atoms. The maximum atomic E-state index is 10.6. The van der Waals surface area contributed by atoms with E-state index in [1.807, 2.05) is 114 Å². The van der Waals surface area contributed by atoms with Crippen LogP contribution in [0.5, 0.6) is 0 Å². The topological polar surface area (TPSA) is 76.3 Å². The van der Waals surface area contributed by atoms with E-state index < -0.39 is 0 Å². The highest BCUT2D eigenvalue weighted by atomic mass is 15.0. The first-order valence-electron chi connectivity index (χ1n) is 11.8. The highest BCUT2D eigenvalue weighted by Crippen LogP contribution is 2.44. The zero-order valence-corrected chi connectivity index (χ0v) is 19.7. The molecular formula is C33H18N4. The SMILES string of the molecule is N#Cc1c(-c2ccccc2)c(C#N)c(-n2c3ccccc3c3ccccc32)c(C#N)c1-c1ccccc1. The first kappa shape index (κ1) is 21.9. The fourth-order valence-corrected chi connectivity index (χ4v) is 5.24. The average Bonchev–Trinajstić information content (AvgIpc) is 3.30. The Morgan fingerprint density at radius 3 is 1.22 bits per heavy atom. The number of para-hydroxylation sites is 2. The Morgan fingerprint density at radius 2 is 0.811 bits per heavy atom. The second-order valence-corrected chi connectivity index (χ2v) is 8.66. The zero-order chi connectivity index (χ0) is 25.4. The van der Waals surface area contributed by atoms with Crippen molar-refractivity contribution in [3.63, 3.8) is 0 Å². The molecule has 4 heteroatoms. The van der Waals surface area contributed by atoms with Crippen molar-refractivity contribution in [3.8, 4) is 46.1 Å². The van der Waals surface area contributed by atoms with Crippen LogP contribution in [0, 0.1) is 34.0 Å². The molecule has 0 aliphatic rings. The Kier molecular flexibility index (Phi) is 5.24. The number of aromatic nitrogens is 1. The average molecular weight is 471 g/mol. The number of rotatable bonds is 3. The molecule has 1 aromatic heterocycles. The molecule has 0 aliphatic heterocycles. The van der Waals surface area contributed by atoms with Crippen LogP contribution in [0.25, 0.3) is 49.7 Å². The summed E-state index contributed by atoms with van der Waals surface area (Å²) in [4.78, 5) is 0. The van der Waals surface area contributed by atoms with E-state index in [4.69, 9.17) is 0 Å². The van der Waals surface area contributed by atoms with Crippen molar-refractivity contribution in [1.29, 1.82) is 15.8 Å². The summed E-state index contributed by atoms with van der Waals surface area (Å²) < 4.78 is 2.00. The molecule has 0 bridgehead atoms. The number of hydrogen-bond donors (Lipinski definition) is 0. The minimum atomic E-state index is 0.297. The summed E-state index contributed by atoms with van der Waals surface area (Å²) in [5, 5.41) is 33.7. The van der Waals surface area contributed by atoms with Crippen molar-refractivity contribution in [2.75, 3.05) is 0 Å². The highest BCUT2D eigenvalue weighted by Gasteiger charge is 2.28. The van der Waals surface area contributed by atoms with Crippen LogP contribution in [0.15, 0.2) is 109 Å². The molecule has 0 saturated carbocycles. The monoisotopic (exact) mass is 470 g/mol. The van der Waals surface area contributed by atoms with Gasteiger partial charge in [0.1, 0.15) is 18.2 Å². The number of benzene rings is 5. The van der Waals surface area contributed by atoms with Crippen LogP contribution in [0.4, 0.5) is 0 Å². The fraction of sp³-hybridized carbons (Fsp3) is 0. The molecule has 4 nitrogen and oxygen atoms in total. The summed E-state index contributed by atoms with van der Waals surface area (Å²) in [5.41, 5.74) is 5.73. The van der Waals surface area contributed by atoms with Crippen LogP contribution in [0.3, 0.4) is 0 Å². The number of nitriles is 3. The lowest BCUT2D eigenvalue weighted by molar-refractivity contribution is 1.15. The molecule has 0 fully saturated rings. The normalized spacial score (nSPS) is 10.6. The van der Waals surface area contributed by atoms with E-state index in [0.717, 1.165) is 32.9 Å². The standard InChI is InChI=1S/C33H18N4/c34-19-26-31(22-11-3-1-4-12-22)27(20-35)33(28(21-36)32(26)23-13-5-2-6-14-23)37-29-17-9-7-15-24(29)25-16-8-10-18-30(25)37/h1-18H. The molecule has 0 amide bonds. The van der Waals surface area contributed by atoms with Crippen LogP contribution in [-0.2, 0) is 0 Å². The zero-order valence-electron chi connectivity index (χ0n) is 19.7. The van der Waals surface area contributed by atoms with E-state index in [2.05, 4.69) is 18.2 Å². The lowest BCUT2D eigenvalue weighted by Crippen LogP contribution is -2.08. The third-order valence-corrected chi connectivity index (χ3v) is 6.74. The van der Waals surface area contributed by atoms with Crippen molar-refractivity contribution in [1.82, 2.24) is 4.57 Å². The van der Waals surface area contributed by atoms with E-state index in [1.165, 1.54) is 0 Å². The Morgan fingerprint density at radius 1 is 0.432 bits per heavy atom. The minimum absolute atomic E-state index is 0.297. The van der Waals surface area contributed by atoms with Gasteiger partial charge in [0.15, 0.2) is 0 Å². The Balaban J connectivity index is 1.92. The fourth-order valence-electron chi connectivity index (χ4n) is 5.24. The minimum Gasteiger partial charge on any atom is -0.307 e. The smallest absolute Gasteiger partial charge is 0.102 e. The van der Waals surface area contributed by atoms with Crippen LogP contribution >= 0.6 is 0 Å². The van der Waals surface area contributed by atoms with E-state index >= 15 is 0 Å². The van der Waals surface area contributed by atoms with Crippen LogP contribution in [0.2, 0.25) is 0 Å². The molecule has 5 aromatic carbocycles. The van der Waals surface area contributed by atoms with Crippen molar-refractivity contribution in [3.05, 3.63) is 126 Å². The number of hydrogen-bond acceptors (Lipinski definition) is 3. The van der Waals surface area contributed by atoms with Gasteiger partial charge < -0.3 is 4.57 Å². The van der Waals surface area contributed by atoms with Gasteiger partial charge in [0.05, 0.1) is 33.4 Å². The first-order chi connectivity index (χ1) is 18.3. The molecule has 37 heavy (non-hydrogen) atoms. The van der Waals surface area contributed by atoms with Gasteiger partial charge in [-0.25, -0.2) is 0 Å². The number of fused-ring (bicyclic) bond motifs is 3. The van der Waals surface area contributed by atoms with E-state index in [9.17, 15) is 15.8 Å². The Labute approximate surface area is 214 Å². The highest BCUT2D eigenvalue weighted by molar-refractivity contribution is 6.10. The predicted octanol–water partition coefficient (Wildman–Crippen LogP) is 7.73. The second kappa shape index (κ2) is 8.86. The first-order valence-corrected chi connectivity index (χ1v) is 11.8. The van der Waals surface area contributed by atoms with Crippen LogP contribution in [-0.4, -0.2) is 4.57 Å². The van der Waals surface area contributed by atoms with E-state index in [-0.39, 0.29) is 0 Å². The molecular weight excluding hydrogens is 452 g/mol. The van der Waals surface area contributed by atoms with Gasteiger partial charge in [-0.1, -0.05) is 97.1 Å². The summed E-state index contributed by atoms with van der Waals surface area (Å²) in [5.74, 6) is 0. The van der Waals surface area contributed by atoms with Crippen molar-refractivity contribution in [2.45, 2.75) is 0 Å². The molecule has 0 N–H and O–H groups in total. The van der Waals surface area contributed by atoms with Crippen molar-refractivity contribution >= 4 is 21.8 Å². The van der Waals surface area contributed by atoms with Gasteiger partial charge in [-0.05, 0) is 23.3 Å². The largest absolute Gasteiger partial charge is 0.307 e. The van der Waals surface area contributed by atoms with E-state index in [0.29, 0.717) is 33.5 Å². The molecule has 0 unspecified atom stereocenters. The quantitative estimate of drug-likeness (QED) is 0.265. The summed E-state index contributed by atoms with van der Waals surface area (Å²) in [6.45, 7) is 0. The van der Waals surface area contributed by atoms with Crippen LogP contribution in [0.1, 0.15) is 16.7 Å². The lowest BCUT2D eigenvalue weighted by atomic mass is 9.84. The molecule has 0 radical (unpaired) electrons. The molecule has 6 aromatic rings. The van der Waals surface area contributed by atoms with Gasteiger partial charge in [0.25, 0.3) is 0 Å². The van der Waals surface area contributed by atoms with Crippen molar-refractivity contribution < 1.29 is 0 Å². The second-order valence-electron chi connectivity index (χ2n) is 8.66. The van der Waals surface area contributed by atoms with Gasteiger partial charge in [-0.3, -0.25) is 0 Å². The number of nitrogens with zero attached hydrogens (tertiary/aromatic N) is 4. The third-order valence-electron chi connectivity index (χ3n) is 6.74. The molecule has 0 atom stereocenters. The third kappa shape index (κ3) is 3.28. The molecule has 1 heterocycles. The van der Waals surface area contributed by atoms with Gasteiger partial charge in [0, 0.05) is 21.9 Å². The van der Waals surface area contributed by atoms with E-state index in [1.54, 1.807) is 0 Å². The lowest BCUT2D eigenvalue weighted by Gasteiger charge is -2.21. The van der Waals surface area contributed by atoms with Gasteiger partial charge >= 0.3 is 0 Å².